The molecular weight excluding hydrogens is 282 g/mol. The van der Waals surface area contributed by atoms with Gasteiger partial charge in [0.25, 0.3) is 5.91 Å². The van der Waals surface area contributed by atoms with Crippen molar-refractivity contribution in [3.05, 3.63) is 47.9 Å². The first-order valence-electron chi connectivity index (χ1n) is 6.69. The molecule has 0 aliphatic heterocycles. The minimum absolute atomic E-state index is 0.0391. The van der Waals surface area contributed by atoms with Crippen LogP contribution in [0, 0.1) is 6.92 Å². The zero-order valence-electron chi connectivity index (χ0n) is 12.2. The molecule has 0 bridgehead atoms. The van der Waals surface area contributed by atoms with Gasteiger partial charge in [-0.25, -0.2) is 0 Å². The Bertz CT molecular complexity index is 855. The average molecular weight is 297 g/mol. The molecule has 3 N–H and O–H groups in total. The summed E-state index contributed by atoms with van der Waals surface area (Å²) >= 11 is 0. The molecule has 0 unspecified atom stereocenters. The van der Waals surface area contributed by atoms with Gasteiger partial charge in [-0.2, -0.15) is 0 Å². The molecule has 0 radical (unpaired) electrons. The van der Waals surface area contributed by atoms with Crippen LogP contribution in [0.4, 0.5) is 11.4 Å². The van der Waals surface area contributed by atoms with Gasteiger partial charge >= 0.3 is 0 Å². The summed E-state index contributed by atoms with van der Waals surface area (Å²) < 4.78 is 10.7. The van der Waals surface area contributed by atoms with E-state index in [0.29, 0.717) is 22.5 Å². The smallest absolute Gasteiger partial charge is 0.293 e. The number of carbonyl (C=O) groups is 1. The summed E-state index contributed by atoms with van der Waals surface area (Å²) in [5, 5.41) is 2.75. The summed E-state index contributed by atoms with van der Waals surface area (Å²) in [6, 6.07) is 8.93. The molecule has 6 heteroatoms. The van der Waals surface area contributed by atoms with Gasteiger partial charge < -0.3 is 20.2 Å². The van der Waals surface area contributed by atoms with Crippen LogP contribution in [-0.4, -0.2) is 18.0 Å². The molecule has 0 aliphatic carbocycles. The highest BCUT2D eigenvalue weighted by Gasteiger charge is 2.20. The van der Waals surface area contributed by atoms with E-state index in [0.717, 1.165) is 5.56 Å². The summed E-state index contributed by atoms with van der Waals surface area (Å²) in [7, 11) is 1.54. The van der Waals surface area contributed by atoms with Gasteiger partial charge in [0.05, 0.1) is 12.8 Å². The molecule has 3 rings (SSSR count). The number of anilines is 2. The Labute approximate surface area is 126 Å². The molecule has 0 aliphatic rings. The maximum atomic E-state index is 12.4. The lowest BCUT2D eigenvalue weighted by Gasteiger charge is -2.10. The zero-order valence-corrected chi connectivity index (χ0v) is 12.2. The predicted octanol–water partition coefficient (Wildman–Crippen LogP) is 2.98. The highest BCUT2D eigenvalue weighted by molar-refractivity contribution is 6.10. The minimum atomic E-state index is -0.445. The number of furan rings is 1. The van der Waals surface area contributed by atoms with Gasteiger partial charge in [-0.1, -0.05) is 6.07 Å². The van der Waals surface area contributed by atoms with Crippen LogP contribution < -0.4 is 15.8 Å². The number of nitrogen functional groups attached to an aromatic ring is 1. The molecule has 112 valence electrons. The van der Waals surface area contributed by atoms with Crippen molar-refractivity contribution in [1.29, 1.82) is 0 Å². The third-order valence-electron chi connectivity index (χ3n) is 3.29. The van der Waals surface area contributed by atoms with Crippen LogP contribution in [0.5, 0.6) is 5.75 Å². The fourth-order valence-corrected chi connectivity index (χ4v) is 2.21. The van der Waals surface area contributed by atoms with Crippen LogP contribution in [0.1, 0.15) is 16.1 Å². The van der Waals surface area contributed by atoms with E-state index in [1.54, 1.807) is 31.5 Å². The highest BCUT2D eigenvalue weighted by Crippen LogP contribution is 2.29. The first-order valence-corrected chi connectivity index (χ1v) is 6.69. The van der Waals surface area contributed by atoms with Crippen molar-refractivity contribution in [3.63, 3.8) is 0 Å². The van der Waals surface area contributed by atoms with Crippen molar-refractivity contribution in [2.24, 2.45) is 0 Å². The van der Waals surface area contributed by atoms with Crippen molar-refractivity contribution in [2.75, 3.05) is 18.2 Å². The largest absolute Gasteiger partial charge is 0.495 e. The molecule has 3 aromatic rings. The fourth-order valence-electron chi connectivity index (χ4n) is 2.21. The maximum Gasteiger partial charge on any atom is 0.293 e. The minimum Gasteiger partial charge on any atom is -0.495 e. The number of nitrogens with two attached hydrogens (primary N) is 1. The number of hydrogen-bond acceptors (Lipinski definition) is 5. The van der Waals surface area contributed by atoms with E-state index in [-0.39, 0.29) is 11.4 Å². The third kappa shape index (κ3) is 2.35. The predicted molar refractivity (Wildman–Crippen MR) is 84.1 cm³/mol. The van der Waals surface area contributed by atoms with Crippen LogP contribution >= 0.6 is 0 Å². The molecule has 2 heterocycles. The lowest BCUT2D eigenvalue weighted by atomic mass is 10.2. The standard InChI is InChI=1S/C16H15N3O3/c1-9-5-6-11(21-2)10(8-9)19-16(20)15-13(17)14-12(22-15)4-3-7-18-14/h3-8H,17H2,1-2H3,(H,19,20). The van der Waals surface area contributed by atoms with Gasteiger partial charge in [0.2, 0.25) is 5.76 Å². The van der Waals surface area contributed by atoms with E-state index < -0.39 is 5.91 Å². The van der Waals surface area contributed by atoms with Gasteiger partial charge in [-0.05, 0) is 36.8 Å². The number of nitrogens with zero attached hydrogens (tertiary/aromatic N) is 1. The van der Waals surface area contributed by atoms with E-state index in [1.807, 2.05) is 19.1 Å². The monoisotopic (exact) mass is 297 g/mol. The third-order valence-corrected chi connectivity index (χ3v) is 3.29. The number of amides is 1. The van der Waals surface area contributed by atoms with Crippen LogP contribution in [-0.2, 0) is 0 Å². The average Bonchev–Trinajstić information content (AvgIpc) is 2.85. The molecule has 1 aromatic carbocycles. The molecule has 1 amide bonds. The second-order valence-corrected chi connectivity index (χ2v) is 4.85. The molecular formula is C16H15N3O3. The van der Waals surface area contributed by atoms with Gasteiger partial charge in [0, 0.05) is 6.20 Å². The fraction of sp³-hybridized carbons (Fsp3) is 0.125. The number of benzene rings is 1. The molecule has 0 fully saturated rings. The number of nitrogens with one attached hydrogen (secondary N) is 1. The number of rotatable bonds is 3. The Morgan fingerprint density at radius 2 is 2.18 bits per heavy atom. The van der Waals surface area contributed by atoms with Crippen molar-refractivity contribution >= 4 is 28.4 Å². The van der Waals surface area contributed by atoms with E-state index in [4.69, 9.17) is 14.9 Å². The summed E-state index contributed by atoms with van der Waals surface area (Å²) in [4.78, 5) is 16.5. The first-order chi connectivity index (χ1) is 10.6. The van der Waals surface area contributed by atoms with Crippen molar-refractivity contribution in [2.45, 2.75) is 6.92 Å². The Kier molecular flexibility index (Phi) is 3.42. The van der Waals surface area contributed by atoms with E-state index >= 15 is 0 Å². The number of ether oxygens (including phenoxy) is 1. The Morgan fingerprint density at radius 1 is 1.36 bits per heavy atom. The van der Waals surface area contributed by atoms with Crippen LogP contribution in [0.25, 0.3) is 11.1 Å². The number of carbonyl (C=O) groups excluding carboxylic acids is 1. The van der Waals surface area contributed by atoms with Crippen LogP contribution in [0.3, 0.4) is 0 Å². The molecule has 2 aromatic heterocycles. The normalized spacial score (nSPS) is 10.6. The molecule has 0 atom stereocenters. The molecule has 0 spiro atoms. The van der Waals surface area contributed by atoms with Crippen LogP contribution in [0.15, 0.2) is 40.9 Å². The maximum absolute atomic E-state index is 12.4. The first kappa shape index (κ1) is 13.9. The quantitative estimate of drug-likeness (QED) is 0.775. The second-order valence-electron chi connectivity index (χ2n) is 4.85. The number of aryl methyl sites for hydroxylation is 1. The topological polar surface area (TPSA) is 90.4 Å². The Morgan fingerprint density at radius 3 is 2.91 bits per heavy atom. The molecule has 0 saturated carbocycles. The Balaban J connectivity index is 1.97. The summed E-state index contributed by atoms with van der Waals surface area (Å²) in [5.74, 6) is 0.156. The van der Waals surface area contributed by atoms with E-state index in [9.17, 15) is 4.79 Å². The summed E-state index contributed by atoms with van der Waals surface area (Å²) in [6.45, 7) is 1.93. The number of fused-ring (bicyclic) bond motifs is 1. The lowest BCUT2D eigenvalue weighted by Crippen LogP contribution is -2.13. The van der Waals surface area contributed by atoms with Gasteiger partial charge in [-0.15, -0.1) is 0 Å². The van der Waals surface area contributed by atoms with Gasteiger partial charge in [0.15, 0.2) is 5.58 Å². The molecule has 6 nitrogen and oxygen atoms in total. The number of aromatic nitrogens is 1. The van der Waals surface area contributed by atoms with Crippen molar-refractivity contribution in [1.82, 2.24) is 4.98 Å². The number of pyridine rings is 1. The van der Waals surface area contributed by atoms with Crippen molar-refractivity contribution in [3.8, 4) is 5.75 Å². The van der Waals surface area contributed by atoms with E-state index in [2.05, 4.69) is 10.3 Å². The Hall–Kier alpha value is -3.02. The van der Waals surface area contributed by atoms with Crippen molar-refractivity contribution < 1.29 is 13.9 Å². The molecule has 22 heavy (non-hydrogen) atoms. The lowest BCUT2D eigenvalue weighted by molar-refractivity contribution is 0.0999. The summed E-state index contributed by atoms with van der Waals surface area (Å²) in [6.07, 6.45) is 1.60. The van der Waals surface area contributed by atoms with E-state index in [1.165, 1.54) is 0 Å². The number of methoxy groups -OCH3 is 1. The molecule has 0 saturated heterocycles. The second kappa shape index (κ2) is 5.40. The number of hydrogen-bond donors (Lipinski definition) is 2. The highest BCUT2D eigenvalue weighted by atomic mass is 16.5. The zero-order chi connectivity index (χ0) is 15.7. The van der Waals surface area contributed by atoms with Gasteiger partial charge in [0.1, 0.15) is 17.0 Å². The summed E-state index contributed by atoms with van der Waals surface area (Å²) in [5.41, 5.74) is 8.67. The van der Waals surface area contributed by atoms with Gasteiger partial charge in [-0.3, -0.25) is 9.78 Å². The van der Waals surface area contributed by atoms with Crippen LogP contribution in [0.2, 0.25) is 0 Å². The SMILES string of the molecule is COc1ccc(C)cc1NC(=O)c1oc2cccnc2c1N.